The van der Waals surface area contributed by atoms with Crippen LogP contribution in [-0.4, -0.2) is 32.6 Å². The number of hydrogen-bond acceptors (Lipinski definition) is 3. The van der Waals surface area contributed by atoms with Crippen molar-refractivity contribution in [3.05, 3.63) is 90.4 Å². The van der Waals surface area contributed by atoms with Gasteiger partial charge in [0.2, 0.25) is 0 Å². The zero-order valence-electron chi connectivity index (χ0n) is 17.9. The first-order valence-corrected chi connectivity index (χ1v) is 10.8. The highest BCUT2D eigenvalue weighted by Gasteiger charge is 2.33. The summed E-state index contributed by atoms with van der Waals surface area (Å²) < 4.78 is 2.10. The molecular weight excluding hydrogens is 400 g/mol. The van der Waals surface area contributed by atoms with E-state index in [4.69, 9.17) is 4.98 Å². The molecule has 160 valence electrons. The van der Waals surface area contributed by atoms with Gasteiger partial charge in [-0.25, -0.2) is 9.78 Å². The van der Waals surface area contributed by atoms with Crippen molar-refractivity contribution in [2.24, 2.45) is 0 Å². The summed E-state index contributed by atoms with van der Waals surface area (Å²) >= 11 is 0. The predicted octanol–water partition coefficient (Wildman–Crippen LogP) is 5.57. The van der Waals surface area contributed by atoms with Crippen LogP contribution in [0.2, 0.25) is 0 Å². The maximum Gasteiger partial charge on any atom is 0.322 e. The zero-order valence-corrected chi connectivity index (χ0v) is 17.9. The number of carbonyl (C=O) groups excluding carboxylic acids is 2. The van der Waals surface area contributed by atoms with Crippen LogP contribution in [0.25, 0.3) is 16.8 Å². The first-order valence-electron chi connectivity index (χ1n) is 10.8. The molecule has 32 heavy (non-hydrogen) atoms. The summed E-state index contributed by atoms with van der Waals surface area (Å²) in [7, 11) is 0. The van der Waals surface area contributed by atoms with E-state index in [-0.39, 0.29) is 17.9 Å². The topological polar surface area (TPSA) is 66.7 Å². The minimum absolute atomic E-state index is 0.00267. The molecule has 3 heterocycles. The molecule has 1 aliphatic heterocycles. The average Bonchev–Trinajstić information content (AvgIpc) is 3.45. The molecule has 1 unspecified atom stereocenters. The number of aromatic nitrogens is 2. The molecule has 0 radical (unpaired) electrons. The number of rotatable bonds is 4. The highest BCUT2D eigenvalue weighted by molar-refractivity contribution is 5.95. The second kappa shape index (κ2) is 8.30. The van der Waals surface area contributed by atoms with Crippen LogP contribution in [0.5, 0.6) is 0 Å². The number of nitrogens with zero attached hydrogens (tertiary/aromatic N) is 3. The number of Topliss-reactive ketones (excluding diaryl/α,β-unsaturated/α-hetero) is 1. The van der Waals surface area contributed by atoms with Gasteiger partial charge in [0.15, 0.2) is 5.78 Å². The first-order chi connectivity index (χ1) is 15.6. The Morgan fingerprint density at radius 2 is 1.72 bits per heavy atom. The summed E-state index contributed by atoms with van der Waals surface area (Å²) in [6.07, 6.45) is 3.79. The molecule has 2 aromatic heterocycles. The number of urea groups is 1. The molecule has 1 fully saturated rings. The summed E-state index contributed by atoms with van der Waals surface area (Å²) in [5, 5.41) is 2.97. The number of nitrogens with one attached hydrogen (secondary N) is 1. The van der Waals surface area contributed by atoms with Crippen LogP contribution in [-0.2, 0) is 0 Å². The number of fused-ring (bicyclic) bond motifs is 1. The van der Waals surface area contributed by atoms with E-state index in [1.165, 1.54) is 6.92 Å². The van der Waals surface area contributed by atoms with E-state index in [2.05, 4.69) is 27.9 Å². The molecule has 2 amide bonds. The van der Waals surface area contributed by atoms with Gasteiger partial charge in [-0.2, -0.15) is 0 Å². The molecule has 0 bridgehead atoms. The van der Waals surface area contributed by atoms with Gasteiger partial charge in [0.1, 0.15) is 5.82 Å². The van der Waals surface area contributed by atoms with Crippen LogP contribution < -0.4 is 5.32 Å². The fourth-order valence-electron chi connectivity index (χ4n) is 4.37. The highest BCUT2D eigenvalue weighted by Crippen LogP contribution is 2.35. The third-order valence-electron chi connectivity index (χ3n) is 5.98. The van der Waals surface area contributed by atoms with Crippen molar-refractivity contribution in [1.82, 2.24) is 14.3 Å². The lowest BCUT2D eigenvalue weighted by Crippen LogP contribution is -2.35. The van der Waals surface area contributed by atoms with Crippen LogP contribution in [0.4, 0.5) is 10.5 Å². The van der Waals surface area contributed by atoms with Gasteiger partial charge in [-0.15, -0.1) is 0 Å². The number of amides is 2. The Morgan fingerprint density at radius 3 is 2.47 bits per heavy atom. The van der Waals surface area contributed by atoms with Crippen LogP contribution >= 0.6 is 0 Å². The van der Waals surface area contributed by atoms with Crippen molar-refractivity contribution >= 4 is 23.0 Å². The molecule has 0 saturated carbocycles. The maximum atomic E-state index is 13.1. The monoisotopic (exact) mass is 424 g/mol. The number of pyridine rings is 1. The highest BCUT2D eigenvalue weighted by atomic mass is 16.2. The van der Waals surface area contributed by atoms with E-state index in [0.717, 1.165) is 35.4 Å². The molecule has 1 atom stereocenters. The minimum Gasteiger partial charge on any atom is -0.314 e. The molecule has 2 aromatic carbocycles. The number of anilines is 1. The Kier molecular flexibility index (Phi) is 5.19. The van der Waals surface area contributed by atoms with Crippen LogP contribution in [0.3, 0.4) is 0 Å². The van der Waals surface area contributed by atoms with E-state index >= 15 is 0 Å². The fraction of sp³-hybridized carbons (Fsp3) is 0.192. The van der Waals surface area contributed by atoms with Gasteiger partial charge in [0.05, 0.1) is 17.3 Å². The van der Waals surface area contributed by atoms with Gasteiger partial charge in [-0.3, -0.25) is 4.79 Å². The molecule has 1 saturated heterocycles. The summed E-state index contributed by atoms with van der Waals surface area (Å²) in [4.78, 5) is 31.5. The summed E-state index contributed by atoms with van der Waals surface area (Å²) in [6.45, 7) is 2.20. The third-order valence-corrected chi connectivity index (χ3v) is 5.98. The molecule has 0 spiro atoms. The quantitative estimate of drug-likeness (QED) is 0.435. The number of likely N-dealkylation sites (tertiary alicyclic amines) is 1. The number of imidazole rings is 1. The number of carbonyl (C=O) groups is 2. The van der Waals surface area contributed by atoms with Gasteiger partial charge < -0.3 is 14.6 Å². The van der Waals surface area contributed by atoms with Crippen LogP contribution in [0.15, 0.2) is 79.0 Å². The summed E-state index contributed by atoms with van der Waals surface area (Å²) in [6, 6.07) is 22.9. The number of ketones is 1. The molecule has 1 N–H and O–H groups in total. The van der Waals surface area contributed by atoms with Crippen molar-refractivity contribution in [2.45, 2.75) is 25.8 Å². The van der Waals surface area contributed by atoms with E-state index in [1.807, 2.05) is 41.4 Å². The molecule has 6 heteroatoms. The van der Waals surface area contributed by atoms with Crippen molar-refractivity contribution in [2.75, 3.05) is 11.9 Å². The Morgan fingerprint density at radius 1 is 0.969 bits per heavy atom. The third kappa shape index (κ3) is 3.64. The second-order valence-electron chi connectivity index (χ2n) is 8.06. The van der Waals surface area contributed by atoms with E-state index in [9.17, 15) is 9.59 Å². The van der Waals surface area contributed by atoms with Crippen molar-refractivity contribution in [1.29, 1.82) is 0 Å². The van der Waals surface area contributed by atoms with Crippen molar-refractivity contribution in [3.63, 3.8) is 0 Å². The fourth-order valence-corrected chi connectivity index (χ4v) is 4.37. The molecule has 6 nitrogen and oxygen atoms in total. The SMILES string of the molecule is CC(=O)c1ccc(NC(=O)N2CCCC2c2nc(-c3ccccc3)c3ccccn23)cc1. The van der Waals surface area contributed by atoms with E-state index < -0.39 is 0 Å². The molecular formula is C26H24N4O2. The van der Waals surface area contributed by atoms with Gasteiger partial charge in [0.25, 0.3) is 0 Å². The molecule has 1 aliphatic rings. The van der Waals surface area contributed by atoms with Crippen LogP contribution in [0, 0.1) is 0 Å². The lowest BCUT2D eigenvalue weighted by molar-refractivity contribution is 0.101. The van der Waals surface area contributed by atoms with E-state index in [0.29, 0.717) is 17.8 Å². The minimum atomic E-state index is -0.156. The number of benzene rings is 2. The molecule has 0 aliphatic carbocycles. The molecule has 5 rings (SSSR count). The molecule has 4 aromatic rings. The smallest absolute Gasteiger partial charge is 0.314 e. The number of hydrogen-bond donors (Lipinski definition) is 1. The standard InChI is InChI=1S/C26H24N4O2/c1-18(31)19-12-14-21(15-13-19)27-26(32)30-17-7-11-23(30)25-28-24(20-8-3-2-4-9-20)22-10-5-6-16-29(22)25/h2-6,8-10,12-16,23H,7,11,17H2,1H3,(H,27,32). The van der Waals surface area contributed by atoms with Gasteiger partial charge in [-0.05, 0) is 56.2 Å². The summed E-state index contributed by atoms with van der Waals surface area (Å²) in [5.41, 5.74) is 4.30. The Labute approximate surface area is 186 Å². The lowest BCUT2D eigenvalue weighted by atomic mass is 10.1. The van der Waals surface area contributed by atoms with E-state index in [1.54, 1.807) is 24.3 Å². The summed E-state index contributed by atoms with van der Waals surface area (Å²) in [5.74, 6) is 0.877. The Bertz CT molecular complexity index is 1280. The van der Waals surface area contributed by atoms with Gasteiger partial charge >= 0.3 is 6.03 Å². The largest absolute Gasteiger partial charge is 0.322 e. The lowest BCUT2D eigenvalue weighted by Gasteiger charge is -2.24. The van der Waals surface area contributed by atoms with Crippen molar-refractivity contribution < 1.29 is 9.59 Å². The average molecular weight is 425 g/mol. The Balaban J connectivity index is 1.45. The van der Waals surface area contributed by atoms with Gasteiger partial charge in [-0.1, -0.05) is 36.4 Å². The van der Waals surface area contributed by atoms with Crippen molar-refractivity contribution in [3.8, 4) is 11.3 Å². The van der Waals surface area contributed by atoms with Gasteiger partial charge in [0, 0.05) is 29.6 Å². The normalized spacial score (nSPS) is 15.8. The second-order valence-corrected chi connectivity index (χ2v) is 8.06. The Hall–Kier alpha value is -3.93. The maximum absolute atomic E-state index is 13.1. The zero-order chi connectivity index (χ0) is 22.1. The first kappa shape index (κ1) is 20.0. The van der Waals surface area contributed by atoms with Crippen LogP contribution in [0.1, 0.15) is 42.0 Å². The predicted molar refractivity (Wildman–Crippen MR) is 125 cm³/mol.